The van der Waals surface area contributed by atoms with E-state index in [0.717, 1.165) is 6.42 Å². The highest BCUT2D eigenvalue weighted by atomic mass is 16.4. The van der Waals surface area contributed by atoms with Crippen molar-refractivity contribution >= 4 is 17.6 Å². The molecule has 1 aromatic carbocycles. The SMILES string of the molecule is CCC(C)Nc1c(C(N)=O)ccc(C(=O)O)c1C. The van der Waals surface area contributed by atoms with Crippen molar-refractivity contribution in [2.75, 3.05) is 5.32 Å². The highest BCUT2D eigenvalue weighted by Gasteiger charge is 2.18. The minimum atomic E-state index is -1.02. The van der Waals surface area contributed by atoms with Crippen molar-refractivity contribution < 1.29 is 14.7 Å². The van der Waals surface area contributed by atoms with Crippen LogP contribution in [-0.2, 0) is 0 Å². The molecule has 5 heteroatoms. The lowest BCUT2D eigenvalue weighted by molar-refractivity contribution is 0.0695. The van der Waals surface area contributed by atoms with E-state index in [9.17, 15) is 9.59 Å². The average Bonchev–Trinajstić information content (AvgIpc) is 2.30. The first-order valence-corrected chi connectivity index (χ1v) is 5.81. The van der Waals surface area contributed by atoms with Crippen molar-refractivity contribution in [3.63, 3.8) is 0 Å². The van der Waals surface area contributed by atoms with E-state index in [4.69, 9.17) is 10.8 Å². The summed E-state index contributed by atoms with van der Waals surface area (Å²) in [6.07, 6.45) is 0.856. The van der Waals surface area contributed by atoms with Gasteiger partial charge in [-0.2, -0.15) is 0 Å². The number of carbonyl (C=O) groups is 2. The summed E-state index contributed by atoms with van der Waals surface area (Å²) in [4.78, 5) is 22.4. The molecule has 0 saturated carbocycles. The van der Waals surface area contributed by atoms with E-state index >= 15 is 0 Å². The number of hydrogen-bond acceptors (Lipinski definition) is 3. The van der Waals surface area contributed by atoms with Crippen molar-refractivity contribution in [1.82, 2.24) is 0 Å². The Balaban J connectivity index is 3.35. The summed E-state index contributed by atoms with van der Waals surface area (Å²) in [5.74, 6) is -1.59. The van der Waals surface area contributed by atoms with Crippen LogP contribution in [0.1, 0.15) is 46.5 Å². The first kappa shape index (κ1) is 14.0. The van der Waals surface area contributed by atoms with E-state index in [0.29, 0.717) is 16.8 Å². The van der Waals surface area contributed by atoms with Gasteiger partial charge in [0.15, 0.2) is 0 Å². The fraction of sp³-hybridized carbons (Fsp3) is 0.385. The van der Waals surface area contributed by atoms with Gasteiger partial charge in [0.05, 0.1) is 16.8 Å². The molecule has 1 amide bonds. The molecule has 1 aromatic rings. The highest BCUT2D eigenvalue weighted by molar-refractivity contribution is 6.02. The smallest absolute Gasteiger partial charge is 0.336 e. The first-order chi connectivity index (χ1) is 8.38. The number of nitrogens with one attached hydrogen (secondary N) is 1. The van der Waals surface area contributed by atoms with Gasteiger partial charge in [0.2, 0.25) is 0 Å². The topological polar surface area (TPSA) is 92.4 Å². The van der Waals surface area contributed by atoms with Crippen LogP contribution in [0.4, 0.5) is 5.69 Å². The zero-order chi connectivity index (χ0) is 13.9. The molecule has 4 N–H and O–H groups in total. The maximum atomic E-state index is 11.4. The van der Waals surface area contributed by atoms with Crippen LogP contribution in [-0.4, -0.2) is 23.0 Å². The number of primary amides is 1. The van der Waals surface area contributed by atoms with E-state index in [1.54, 1.807) is 6.92 Å². The Bertz CT molecular complexity index is 483. The Hall–Kier alpha value is -2.04. The number of benzene rings is 1. The molecular formula is C13H18N2O3. The minimum Gasteiger partial charge on any atom is -0.478 e. The fourth-order valence-electron chi connectivity index (χ4n) is 1.68. The molecule has 1 atom stereocenters. The third-order valence-corrected chi connectivity index (χ3v) is 2.96. The molecule has 0 aliphatic heterocycles. The van der Waals surface area contributed by atoms with Gasteiger partial charge in [-0.3, -0.25) is 4.79 Å². The van der Waals surface area contributed by atoms with Gasteiger partial charge >= 0.3 is 5.97 Å². The Kier molecular flexibility index (Phi) is 4.31. The predicted molar refractivity (Wildman–Crippen MR) is 70.0 cm³/mol. The molecule has 1 rings (SSSR count). The molecular weight excluding hydrogens is 232 g/mol. The number of nitrogens with two attached hydrogens (primary N) is 1. The second-order valence-corrected chi connectivity index (χ2v) is 4.28. The number of aromatic carboxylic acids is 1. The van der Waals surface area contributed by atoms with Crippen molar-refractivity contribution in [2.45, 2.75) is 33.2 Å². The van der Waals surface area contributed by atoms with Gasteiger partial charge in [0.25, 0.3) is 5.91 Å². The summed E-state index contributed by atoms with van der Waals surface area (Å²) in [6.45, 7) is 5.62. The van der Waals surface area contributed by atoms with Crippen LogP contribution in [0, 0.1) is 6.92 Å². The summed E-state index contributed by atoms with van der Waals surface area (Å²) in [5, 5.41) is 12.2. The standard InChI is InChI=1S/C13H18N2O3/c1-4-7(2)15-11-8(3)9(13(17)18)5-6-10(11)12(14)16/h5-7,15H,4H2,1-3H3,(H2,14,16)(H,17,18). The molecule has 0 radical (unpaired) electrons. The number of hydrogen-bond donors (Lipinski definition) is 3. The van der Waals surface area contributed by atoms with Crippen LogP contribution >= 0.6 is 0 Å². The normalized spacial score (nSPS) is 11.9. The van der Waals surface area contributed by atoms with E-state index in [1.165, 1.54) is 12.1 Å². The van der Waals surface area contributed by atoms with E-state index in [2.05, 4.69) is 5.32 Å². The number of carbonyl (C=O) groups excluding carboxylic acids is 1. The average molecular weight is 250 g/mol. The second kappa shape index (κ2) is 5.53. The lowest BCUT2D eigenvalue weighted by Crippen LogP contribution is -2.21. The summed E-state index contributed by atoms with van der Waals surface area (Å²) in [5.41, 5.74) is 6.83. The molecule has 5 nitrogen and oxygen atoms in total. The van der Waals surface area contributed by atoms with Crippen LogP contribution in [0.25, 0.3) is 0 Å². The lowest BCUT2D eigenvalue weighted by Gasteiger charge is -2.19. The summed E-state index contributed by atoms with van der Waals surface area (Å²) < 4.78 is 0. The molecule has 0 spiro atoms. The number of anilines is 1. The summed E-state index contributed by atoms with van der Waals surface area (Å²) in [6, 6.07) is 2.98. The quantitative estimate of drug-likeness (QED) is 0.745. The molecule has 1 unspecified atom stereocenters. The molecule has 18 heavy (non-hydrogen) atoms. The van der Waals surface area contributed by atoms with Crippen LogP contribution < -0.4 is 11.1 Å². The molecule has 0 heterocycles. The molecule has 0 fully saturated rings. The largest absolute Gasteiger partial charge is 0.478 e. The van der Waals surface area contributed by atoms with Crippen LogP contribution in [0.3, 0.4) is 0 Å². The summed E-state index contributed by atoms with van der Waals surface area (Å²) in [7, 11) is 0. The van der Waals surface area contributed by atoms with Gasteiger partial charge in [-0.1, -0.05) is 6.92 Å². The zero-order valence-corrected chi connectivity index (χ0v) is 10.8. The molecule has 0 aromatic heterocycles. The third-order valence-electron chi connectivity index (χ3n) is 2.96. The Morgan fingerprint density at radius 3 is 2.39 bits per heavy atom. The van der Waals surface area contributed by atoms with E-state index in [1.807, 2.05) is 13.8 Å². The van der Waals surface area contributed by atoms with Crippen molar-refractivity contribution in [3.05, 3.63) is 28.8 Å². The Morgan fingerprint density at radius 1 is 1.39 bits per heavy atom. The Morgan fingerprint density at radius 2 is 1.94 bits per heavy atom. The number of carboxylic acids is 1. The monoisotopic (exact) mass is 250 g/mol. The highest BCUT2D eigenvalue weighted by Crippen LogP contribution is 2.25. The maximum absolute atomic E-state index is 11.4. The molecule has 0 aliphatic rings. The first-order valence-electron chi connectivity index (χ1n) is 5.81. The summed E-state index contributed by atoms with van der Waals surface area (Å²) >= 11 is 0. The molecule has 98 valence electrons. The third kappa shape index (κ3) is 2.80. The molecule has 0 aliphatic carbocycles. The molecule has 0 saturated heterocycles. The minimum absolute atomic E-state index is 0.130. The van der Waals surface area contributed by atoms with E-state index in [-0.39, 0.29) is 11.6 Å². The fourth-order valence-corrected chi connectivity index (χ4v) is 1.68. The van der Waals surface area contributed by atoms with Gasteiger partial charge in [-0.25, -0.2) is 4.79 Å². The second-order valence-electron chi connectivity index (χ2n) is 4.28. The van der Waals surface area contributed by atoms with Crippen molar-refractivity contribution in [2.24, 2.45) is 5.73 Å². The zero-order valence-electron chi connectivity index (χ0n) is 10.8. The van der Waals surface area contributed by atoms with Crippen LogP contribution in [0.5, 0.6) is 0 Å². The lowest BCUT2D eigenvalue weighted by atomic mass is 10.0. The predicted octanol–water partition coefficient (Wildman–Crippen LogP) is 2.00. The van der Waals surface area contributed by atoms with Crippen molar-refractivity contribution in [1.29, 1.82) is 0 Å². The van der Waals surface area contributed by atoms with E-state index < -0.39 is 11.9 Å². The van der Waals surface area contributed by atoms with Gasteiger partial charge < -0.3 is 16.2 Å². The van der Waals surface area contributed by atoms with Gasteiger partial charge in [-0.05, 0) is 38.0 Å². The van der Waals surface area contributed by atoms with Gasteiger partial charge in [0.1, 0.15) is 0 Å². The van der Waals surface area contributed by atoms with Crippen LogP contribution in [0.2, 0.25) is 0 Å². The van der Waals surface area contributed by atoms with Gasteiger partial charge in [0, 0.05) is 6.04 Å². The Labute approximate surface area is 106 Å². The molecule has 0 bridgehead atoms. The van der Waals surface area contributed by atoms with Gasteiger partial charge in [-0.15, -0.1) is 0 Å². The maximum Gasteiger partial charge on any atom is 0.336 e. The number of carboxylic acid groups (broad SMARTS) is 1. The van der Waals surface area contributed by atoms with Crippen LogP contribution in [0.15, 0.2) is 12.1 Å². The van der Waals surface area contributed by atoms with Crippen molar-refractivity contribution in [3.8, 4) is 0 Å². The number of amides is 1. The number of rotatable bonds is 5.